The minimum absolute atomic E-state index is 0.171. The molecule has 1 heterocycles. The van der Waals surface area contributed by atoms with E-state index in [9.17, 15) is 9.59 Å². The second-order valence-electron chi connectivity index (χ2n) is 6.80. The van der Waals surface area contributed by atoms with Gasteiger partial charge in [0.05, 0.1) is 24.7 Å². The van der Waals surface area contributed by atoms with Crippen LogP contribution in [0.2, 0.25) is 0 Å². The summed E-state index contributed by atoms with van der Waals surface area (Å²) in [5, 5.41) is 3.26. The van der Waals surface area contributed by atoms with Crippen LogP contribution in [-0.2, 0) is 0 Å². The lowest BCUT2D eigenvalue weighted by molar-refractivity contribution is 0.102. The van der Waals surface area contributed by atoms with Crippen LogP contribution in [0.4, 0.5) is 5.69 Å². The van der Waals surface area contributed by atoms with Gasteiger partial charge in [0, 0.05) is 23.4 Å². The number of rotatable bonds is 6. The van der Waals surface area contributed by atoms with Gasteiger partial charge >= 0.3 is 0 Å². The van der Waals surface area contributed by atoms with E-state index in [4.69, 9.17) is 13.9 Å². The Bertz CT molecular complexity index is 1290. The summed E-state index contributed by atoms with van der Waals surface area (Å²) in [6.45, 7) is 2.39. The molecule has 0 aliphatic rings. The van der Waals surface area contributed by atoms with Crippen LogP contribution in [0.3, 0.4) is 0 Å². The minimum atomic E-state index is -0.276. The Morgan fingerprint density at radius 2 is 1.77 bits per heavy atom. The fourth-order valence-corrected chi connectivity index (χ4v) is 3.26. The monoisotopic (exact) mass is 415 g/mol. The molecular formula is C25H21NO5. The number of ether oxygens (including phenoxy) is 2. The van der Waals surface area contributed by atoms with Crippen molar-refractivity contribution in [1.82, 2.24) is 0 Å². The Hall–Kier alpha value is -4.06. The van der Waals surface area contributed by atoms with Gasteiger partial charge in [0.1, 0.15) is 22.8 Å². The van der Waals surface area contributed by atoms with Gasteiger partial charge in [-0.1, -0.05) is 12.1 Å². The number of fused-ring (bicyclic) bond motifs is 1. The highest BCUT2D eigenvalue weighted by atomic mass is 16.5. The van der Waals surface area contributed by atoms with Crippen LogP contribution in [0.5, 0.6) is 11.5 Å². The molecule has 0 aliphatic carbocycles. The zero-order valence-corrected chi connectivity index (χ0v) is 17.2. The smallest absolute Gasteiger partial charge is 0.255 e. The number of carbonyl (C=O) groups excluding carboxylic acids is 1. The number of methoxy groups -OCH3 is 1. The van der Waals surface area contributed by atoms with Crippen molar-refractivity contribution >= 4 is 22.6 Å². The highest BCUT2D eigenvalue weighted by Gasteiger charge is 2.13. The number of para-hydroxylation sites is 1. The Labute approximate surface area is 179 Å². The van der Waals surface area contributed by atoms with Crippen LogP contribution in [0.15, 0.2) is 82.0 Å². The van der Waals surface area contributed by atoms with E-state index in [1.54, 1.807) is 49.6 Å². The minimum Gasteiger partial charge on any atom is -0.497 e. The van der Waals surface area contributed by atoms with E-state index in [0.29, 0.717) is 51.6 Å². The molecule has 0 saturated carbocycles. The van der Waals surface area contributed by atoms with Crippen molar-refractivity contribution in [2.45, 2.75) is 6.92 Å². The number of hydrogen-bond acceptors (Lipinski definition) is 5. The largest absolute Gasteiger partial charge is 0.497 e. The van der Waals surface area contributed by atoms with Crippen LogP contribution < -0.4 is 20.2 Å². The molecule has 6 heteroatoms. The lowest BCUT2D eigenvalue weighted by Gasteiger charge is -2.10. The van der Waals surface area contributed by atoms with Gasteiger partial charge in [-0.05, 0) is 55.5 Å². The van der Waals surface area contributed by atoms with Crippen LogP contribution in [0, 0.1) is 0 Å². The molecule has 6 nitrogen and oxygen atoms in total. The molecule has 0 saturated heterocycles. The average molecular weight is 415 g/mol. The molecule has 1 amide bonds. The summed E-state index contributed by atoms with van der Waals surface area (Å²) in [5.41, 5.74) is 1.90. The van der Waals surface area contributed by atoms with Crippen LogP contribution in [0.25, 0.3) is 22.3 Å². The van der Waals surface area contributed by atoms with Crippen molar-refractivity contribution in [2.24, 2.45) is 0 Å². The number of benzene rings is 3. The number of nitrogens with one attached hydrogen (secondary N) is 1. The first-order valence-corrected chi connectivity index (χ1v) is 9.84. The molecule has 0 unspecified atom stereocenters. The van der Waals surface area contributed by atoms with Crippen molar-refractivity contribution in [1.29, 1.82) is 0 Å². The second kappa shape index (κ2) is 8.75. The zero-order valence-electron chi connectivity index (χ0n) is 17.2. The fourth-order valence-electron chi connectivity index (χ4n) is 3.26. The molecule has 4 rings (SSSR count). The molecule has 0 atom stereocenters. The lowest BCUT2D eigenvalue weighted by Crippen LogP contribution is -2.12. The zero-order chi connectivity index (χ0) is 21.8. The third kappa shape index (κ3) is 4.28. The summed E-state index contributed by atoms with van der Waals surface area (Å²) in [5.74, 6) is 1.43. The maximum Gasteiger partial charge on any atom is 0.255 e. The molecule has 1 N–H and O–H groups in total. The van der Waals surface area contributed by atoms with E-state index in [1.807, 2.05) is 31.2 Å². The van der Waals surface area contributed by atoms with Gasteiger partial charge in [0.2, 0.25) is 0 Å². The molecule has 0 fully saturated rings. The first-order valence-electron chi connectivity index (χ1n) is 9.84. The van der Waals surface area contributed by atoms with Gasteiger partial charge in [-0.3, -0.25) is 9.59 Å². The van der Waals surface area contributed by atoms with Gasteiger partial charge in [-0.2, -0.15) is 0 Å². The predicted molar refractivity (Wildman–Crippen MR) is 120 cm³/mol. The summed E-state index contributed by atoms with van der Waals surface area (Å²) in [4.78, 5) is 25.2. The van der Waals surface area contributed by atoms with Crippen molar-refractivity contribution in [3.63, 3.8) is 0 Å². The number of hydrogen-bond donors (Lipinski definition) is 1. The highest BCUT2D eigenvalue weighted by molar-refractivity contribution is 6.05. The van der Waals surface area contributed by atoms with Crippen molar-refractivity contribution < 1.29 is 18.7 Å². The van der Waals surface area contributed by atoms with Gasteiger partial charge in [0.25, 0.3) is 5.91 Å². The number of carbonyl (C=O) groups is 1. The predicted octanol–water partition coefficient (Wildman–Crippen LogP) is 5.12. The molecule has 0 bridgehead atoms. The summed E-state index contributed by atoms with van der Waals surface area (Å²) in [6, 6.07) is 20.6. The maximum atomic E-state index is 12.7. The molecule has 0 radical (unpaired) electrons. The van der Waals surface area contributed by atoms with E-state index >= 15 is 0 Å². The second-order valence-corrected chi connectivity index (χ2v) is 6.80. The molecule has 31 heavy (non-hydrogen) atoms. The molecule has 4 aromatic rings. The number of anilines is 1. The van der Waals surface area contributed by atoms with E-state index in [0.717, 1.165) is 0 Å². The lowest BCUT2D eigenvalue weighted by atomic mass is 10.1. The van der Waals surface area contributed by atoms with E-state index in [1.165, 1.54) is 6.07 Å². The van der Waals surface area contributed by atoms with Gasteiger partial charge in [-0.15, -0.1) is 0 Å². The normalized spacial score (nSPS) is 10.6. The van der Waals surface area contributed by atoms with E-state index in [-0.39, 0.29) is 11.3 Å². The van der Waals surface area contributed by atoms with Gasteiger partial charge < -0.3 is 19.2 Å². The van der Waals surface area contributed by atoms with Crippen molar-refractivity contribution in [3.05, 3.63) is 88.6 Å². The molecular weight excluding hydrogens is 394 g/mol. The summed E-state index contributed by atoms with van der Waals surface area (Å²) >= 11 is 0. The van der Waals surface area contributed by atoms with E-state index < -0.39 is 0 Å². The van der Waals surface area contributed by atoms with Crippen molar-refractivity contribution in [3.8, 4) is 22.8 Å². The molecule has 156 valence electrons. The van der Waals surface area contributed by atoms with Crippen LogP contribution in [0.1, 0.15) is 17.3 Å². The van der Waals surface area contributed by atoms with Crippen LogP contribution >= 0.6 is 0 Å². The molecule has 3 aromatic carbocycles. The Balaban J connectivity index is 1.68. The molecule has 1 aromatic heterocycles. The SMILES string of the molecule is CCOc1ccccc1-c1cc(=O)c2ccc(NC(=O)c3ccc(OC)cc3)cc2o1. The topological polar surface area (TPSA) is 77.8 Å². The standard InChI is InChI=1S/C25H21NO5/c1-3-30-22-7-5-4-6-20(22)24-15-21(27)19-13-10-17(14-23(19)31-24)26-25(28)16-8-11-18(29-2)12-9-16/h4-15H,3H2,1-2H3,(H,26,28). The summed E-state index contributed by atoms with van der Waals surface area (Å²) in [6.07, 6.45) is 0. The Kier molecular flexibility index (Phi) is 5.71. The fraction of sp³-hybridized carbons (Fsp3) is 0.120. The Morgan fingerprint density at radius 3 is 2.52 bits per heavy atom. The summed E-state index contributed by atoms with van der Waals surface area (Å²) < 4.78 is 16.8. The van der Waals surface area contributed by atoms with Crippen LogP contribution in [-0.4, -0.2) is 19.6 Å². The third-order valence-electron chi connectivity index (χ3n) is 4.79. The highest BCUT2D eigenvalue weighted by Crippen LogP contribution is 2.31. The van der Waals surface area contributed by atoms with Gasteiger partial charge in [0.15, 0.2) is 5.43 Å². The first kappa shape index (κ1) is 20.2. The summed E-state index contributed by atoms with van der Waals surface area (Å²) in [7, 11) is 1.57. The number of amides is 1. The first-order chi connectivity index (χ1) is 15.1. The van der Waals surface area contributed by atoms with E-state index in [2.05, 4.69) is 5.32 Å². The quantitative estimate of drug-likeness (QED) is 0.473. The average Bonchev–Trinajstić information content (AvgIpc) is 2.79. The maximum absolute atomic E-state index is 12.7. The van der Waals surface area contributed by atoms with Crippen molar-refractivity contribution in [2.75, 3.05) is 19.0 Å². The molecule has 0 spiro atoms. The Morgan fingerprint density at radius 1 is 1.00 bits per heavy atom. The van der Waals surface area contributed by atoms with Gasteiger partial charge in [-0.25, -0.2) is 0 Å². The third-order valence-corrected chi connectivity index (χ3v) is 4.79. The molecule has 0 aliphatic heterocycles.